The van der Waals surface area contributed by atoms with E-state index in [1.54, 1.807) is 6.07 Å². The van der Waals surface area contributed by atoms with Gasteiger partial charge in [-0.15, -0.1) is 0 Å². The topological polar surface area (TPSA) is 68.0 Å². The predicted molar refractivity (Wildman–Crippen MR) is 66.4 cm³/mol. The van der Waals surface area contributed by atoms with E-state index in [1.807, 2.05) is 0 Å². The second-order valence-electron chi connectivity index (χ2n) is 3.96. The quantitative estimate of drug-likeness (QED) is 0.847. The smallest absolute Gasteiger partial charge is 0.274 e. The number of benzene rings is 1. The van der Waals surface area contributed by atoms with Gasteiger partial charge >= 0.3 is 0 Å². The first-order valence-electron chi connectivity index (χ1n) is 5.62. The lowest BCUT2D eigenvalue weighted by atomic mass is 10.2. The van der Waals surface area contributed by atoms with Crippen molar-refractivity contribution in [1.82, 2.24) is 4.98 Å². The van der Waals surface area contributed by atoms with Crippen LogP contribution in [-0.2, 0) is 6.54 Å². The van der Waals surface area contributed by atoms with Crippen LogP contribution >= 0.6 is 0 Å². The summed E-state index contributed by atoms with van der Waals surface area (Å²) in [6.07, 6.45) is 1.39. The van der Waals surface area contributed by atoms with E-state index in [2.05, 4.69) is 10.3 Å². The Morgan fingerprint density at radius 2 is 2.00 bits per heavy atom. The van der Waals surface area contributed by atoms with Crippen LogP contribution in [0.3, 0.4) is 0 Å². The van der Waals surface area contributed by atoms with Crippen molar-refractivity contribution in [3.8, 4) is 0 Å². The van der Waals surface area contributed by atoms with E-state index < -0.39 is 29.0 Å². The number of nitrogens with one attached hydrogen (secondary N) is 1. The largest absolute Gasteiger partial charge is 0.326 e. The van der Waals surface area contributed by atoms with Crippen LogP contribution in [0.5, 0.6) is 0 Å². The summed E-state index contributed by atoms with van der Waals surface area (Å²) < 4.78 is 39.4. The molecule has 0 aliphatic heterocycles. The number of hydrogen-bond donors (Lipinski definition) is 2. The molecule has 0 unspecified atom stereocenters. The maximum absolute atomic E-state index is 13.4. The molecular weight excluding hydrogens is 271 g/mol. The van der Waals surface area contributed by atoms with Crippen molar-refractivity contribution >= 4 is 11.6 Å². The molecule has 0 aliphatic rings. The molecule has 1 amide bonds. The predicted octanol–water partition coefficient (Wildman–Crippen LogP) is 2.21. The van der Waals surface area contributed by atoms with E-state index >= 15 is 0 Å². The molecule has 0 saturated carbocycles. The number of aromatic nitrogens is 1. The highest BCUT2D eigenvalue weighted by Crippen LogP contribution is 2.19. The summed E-state index contributed by atoms with van der Waals surface area (Å²) in [6.45, 7) is 0.263. The Kier molecular flexibility index (Phi) is 3.99. The number of pyridine rings is 1. The van der Waals surface area contributed by atoms with Crippen molar-refractivity contribution in [3.63, 3.8) is 0 Å². The van der Waals surface area contributed by atoms with E-state index in [0.29, 0.717) is 17.7 Å². The minimum absolute atomic E-state index is 0.0220. The highest BCUT2D eigenvalue weighted by Gasteiger charge is 2.15. The Balaban J connectivity index is 2.23. The molecule has 1 aromatic carbocycles. The second-order valence-corrected chi connectivity index (χ2v) is 3.96. The molecule has 0 atom stereocenters. The molecule has 0 spiro atoms. The first kappa shape index (κ1) is 14.0. The van der Waals surface area contributed by atoms with E-state index in [-0.39, 0.29) is 12.2 Å². The third-order valence-corrected chi connectivity index (χ3v) is 2.53. The number of amides is 1. The zero-order chi connectivity index (χ0) is 14.7. The number of halogens is 3. The number of nitrogens with zero attached hydrogens (tertiary/aromatic N) is 1. The fourth-order valence-electron chi connectivity index (χ4n) is 1.51. The summed E-state index contributed by atoms with van der Waals surface area (Å²) in [7, 11) is 0. The van der Waals surface area contributed by atoms with Gasteiger partial charge in [0.1, 0.15) is 11.5 Å². The van der Waals surface area contributed by atoms with E-state index in [4.69, 9.17) is 5.73 Å². The van der Waals surface area contributed by atoms with Crippen molar-refractivity contribution in [2.24, 2.45) is 5.73 Å². The molecule has 2 aromatic rings. The molecule has 0 fully saturated rings. The zero-order valence-corrected chi connectivity index (χ0v) is 10.2. The molecule has 104 valence electrons. The van der Waals surface area contributed by atoms with Gasteiger partial charge in [-0.05, 0) is 11.6 Å². The fourth-order valence-corrected chi connectivity index (χ4v) is 1.51. The lowest BCUT2D eigenvalue weighted by molar-refractivity contribution is 0.102. The summed E-state index contributed by atoms with van der Waals surface area (Å²) in [5, 5.41) is 2.06. The molecule has 4 nitrogen and oxygen atoms in total. The maximum atomic E-state index is 13.4. The number of anilines is 1. The van der Waals surface area contributed by atoms with Gasteiger partial charge in [0.25, 0.3) is 5.91 Å². The van der Waals surface area contributed by atoms with Crippen LogP contribution in [0.2, 0.25) is 0 Å². The van der Waals surface area contributed by atoms with E-state index in [0.717, 1.165) is 0 Å². The second kappa shape index (κ2) is 5.70. The van der Waals surface area contributed by atoms with E-state index in [9.17, 15) is 18.0 Å². The maximum Gasteiger partial charge on any atom is 0.274 e. The number of rotatable bonds is 3. The third-order valence-electron chi connectivity index (χ3n) is 2.53. The Labute approximate surface area is 112 Å². The van der Waals surface area contributed by atoms with Crippen molar-refractivity contribution in [3.05, 3.63) is 59.2 Å². The molecule has 7 heteroatoms. The standard InChI is InChI=1S/C13H10F3N3O/c14-8-3-9(15)12(16)11(4-8)19-13(20)10-2-1-7(5-17)6-18-10/h1-4,6H,5,17H2,(H,19,20). The molecule has 0 bridgehead atoms. The van der Waals surface area contributed by atoms with Gasteiger partial charge in [-0.1, -0.05) is 6.07 Å². The number of nitrogens with two attached hydrogens (primary N) is 1. The fraction of sp³-hybridized carbons (Fsp3) is 0.0769. The van der Waals surface area contributed by atoms with Crippen LogP contribution < -0.4 is 11.1 Å². The zero-order valence-electron chi connectivity index (χ0n) is 10.2. The van der Waals surface area contributed by atoms with Gasteiger partial charge < -0.3 is 11.1 Å². The Hall–Kier alpha value is -2.41. The average molecular weight is 281 g/mol. The molecule has 0 aliphatic carbocycles. The summed E-state index contributed by atoms with van der Waals surface area (Å²) in [4.78, 5) is 15.6. The molecule has 20 heavy (non-hydrogen) atoms. The van der Waals surface area contributed by atoms with Crippen LogP contribution in [0.15, 0.2) is 30.5 Å². The highest BCUT2D eigenvalue weighted by molar-refractivity contribution is 6.02. The van der Waals surface area contributed by atoms with Crippen molar-refractivity contribution in [2.45, 2.75) is 6.54 Å². The lowest BCUT2D eigenvalue weighted by Gasteiger charge is -2.07. The Bertz CT molecular complexity index is 644. The van der Waals surface area contributed by atoms with Gasteiger partial charge in [-0.3, -0.25) is 9.78 Å². The monoisotopic (exact) mass is 281 g/mol. The van der Waals surface area contributed by atoms with Crippen molar-refractivity contribution < 1.29 is 18.0 Å². The number of hydrogen-bond acceptors (Lipinski definition) is 3. The van der Waals surface area contributed by atoms with Crippen LogP contribution in [0.25, 0.3) is 0 Å². The molecule has 1 aromatic heterocycles. The molecule has 1 heterocycles. The van der Waals surface area contributed by atoms with Gasteiger partial charge in [-0.2, -0.15) is 0 Å². The summed E-state index contributed by atoms with van der Waals surface area (Å²) >= 11 is 0. The summed E-state index contributed by atoms with van der Waals surface area (Å²) in [5.74, 6) is -4.49. The first-order chi connectivity index (χ1) is 9.51. The first-order valence-corrected chi connectivity index (χ1v) is 5.62. The summed E-state index contributed by atoms with van der Waals surface area (Å²) in [5.41, 5.74) is 5.48. The van der Waals surface area contributed by atoms with Crippen molar-refractivity contribution in [1.29, 1.82) is 0 Å². The molecular formula is C13H10F3N3O. The van der Waals surface area contributed by atoms with Gasteiger partial charge in [-0.25, -0.2) is 13.2 Å². The van der Waals surface area contributed by atoms with Gasteiger partial charge in [0.2, 0.25) is 0 Å². The van der Waals surface area contributed by atoms with Gasteiger partial charge in [0.05, 0.1) is 5.69 Å². The van der Waals surface area contributed by atoms with Crippen LogP contribution in [0.4, 0.5) is 18.9 Å². The number of carbonyl (C=O) groups is 1. The molecule has 2 rings (SSSR count). The van der Waals surface area contributed by atoms with Gasteiger partial charge in [0, 0.05) is 24.9 Å². The van der Waals surface area contributed by atoms with Crippen LogP contribution in [0, 0.1) is 17.5 Å². The minimum Gasteiger partial charge on any atom is -0.326 e. The lowest BCUT2D eigenvalue weighted by Crippen LogP contribution is -2.15. The molecule has 0 saturated heterocycles. The number of carbonyl (C=O) groups excluding carboxylic acids is 1. The van der Waals surface area contributed by atoms with E-state index in [1.165, 1.54) is 12.3 Å². The Morgan fingerprint density at radius 1 is 1.25 bits per heavy atom. The molecule has 3 N–H and O–H groups in total. The normalized spacial score (nSPS) is 10.4. The summed E-state index contributed by atoms with van der Waals surface area (Å²) in [6, 6.07) is 4.03. The Morgan fingerprint density at radius 3 is 2.60 bits per heavy atom. The van der Waals surface area contributed by atoms with Crippen LogP contribution in [0.1, 0.15) is 16.1 Å². The van der Waals surface area contributed by atoms with Crippen LogP contribution in [-0.4, -0.2) is 10.9 Å². The third kappa shape index (κ3) is 2.94. The highest BCUT2D eigenvalue weighted by atomic mass is 19.2. The average Bonchev–Trinajstić information content (AvgIpc) is 2.44. The van der Waals surface area contributed by atoms with Gasteiger partial charge in [0.15, 0.2) is 11.6 Å². The minimum atomic E-state index is -1.38. The SMILES string of the molecule is NCc1ccc(C(=O)Nc2cc(F)cc(F)c2F)nc1. The molecule has 0 radical (unpaired) electrons. The van der Waals surface area contributed by atoms with Crippen molar-refractivity contribution in [2.75, 3.05) is 5.32 Å².